The zero-order valence-electron chi connectivity index (χ0n) is 9.23. The van der Waals surface area contributed by atoms with Gasteiger partial charge in [0.2, 0.25) is 5.71 Å². The summed E-state index contributed by atoms with van der Waals surface area (Å²) >= 11 is 0. The Hall–Kier alpha value is -1.84. The molecule has 0 saturated heterocycles. The predicted molar refractivity (Wildman–Crippen MR) is 60.8 cm³/mol. The van der Waals surface area contributed by atoms with E-state index in [4.69, 9.17) is 4.84 Å². The van der Waals surface area contributed by atoms with E-state index < -0.39 is 6.10 Å². The molecule has 3 nitrogen and oxygen atoms in total. The van der Waals surface area contributed by atoms with E-state index in [2.05, 4.69) is 0 Å². The van der Waals surface area contributed by atoms with Crippen LogP contribution in [-0.2, 0) is 4.84 Å². The van der Waals surface area contributed by atoms with Crippen LogP contribution in [0.2, 0.25) is 0 Å². The van der Waals surface area contributed by atoms with Gasteiger partial charge in [-0.2, -0.15) is 0 Å². The van der Waals surface area contributed by atoms with Gasteiger partial charge in [-0.1, -0.05) is 24.3 Å². The number of fused-ring (bicyclic) bond motifs is 1. The molecule has 2 aliphatic rings. The largest absolute Gasteiger partial charge is 0.390 e. The summed E-state index contributed by atoms with van der Waals surface area (Å²) in [5.41, 5.74) is 1.90. The fourth-order valence-electron chi connectivity index (χ4n) is 2.37. The van der Waals surface area contributed by atoms with Gasteiger partial charge < -0.3 is 4.84 Å². The first-order valence-electron chi connectivity index (χ1n) is 5.72. The normalized spacial score (nSPS) is 23.1. The molecule has 1 aromatic carbocycles. The van der Waals surface area contributed by atoms with Gasteiger partial charge in [0.05, 0.1) is 0 Å². The highest BCUT2D eigenvalue weighted by Gasteiger charge is 2.36. The van der Waals surface area contributed by atoms with Crippen LogP contribution in [0.5, 0.6) is 0 Å². The van der Waals surface area contributed by atoms with E-state index in [-0.39, 0.29) is 5.82 Å². The SMILES string of the molecule is [O-][N+]1=C2CCCC=C2C(c2ccccc2F)O1. The molecule has 1 aliphatic heterocycles. The van der Waals surface area contributed by atoms with Gasteiger partial charge in [0.25, 0.3) is 0 Å². The maximum absolute atomic E-state index is 13.7. The molecule has 0 fully saturated rings. The summed E-state index contributed by atoms with van der Waals surface area (Å²) in [4.78, 5) is 5.75. The van der Waals surface area contributed by atoms with Gasteiger partial charge in [0.1, 0.15) is 11.9 Å². The molecule has 0 aromatic heterocycles. The summed E-state index contributed by atoms with van der Waals surface area (Å²) in [7, 11) is 0. The topological polar surface area (TPSA) is 35.3 Å². The zero-order chi connectivity index (χ0) is 11.8. The van der Waals surface area contributed by atoms with E-state index in [9.17, 15) is 9.60 Å². The van der Waals surface area contributed by atoms with Crippen molar-refractivity contribution in [1.29, 1.82) is 0 Å². The van der Waals surface area contributed by atoms with Crippen molar-refractivity contribution in [3.63, 3.8) is 0 Å². The third-order valence-corrected chi connectivity index (χ3v) is 3.21. The molecule has 3 rings (SSSR count). The number of hydrogen-bond donors (Lipinski definition) is 0. The molecule has 17 heavy (non-hydrogen) atoms. The lowest BCUT2D eigenvalue weighted by atomic mass is 9.90. The summed E-state index contributed by atoms with van der Waals surface area (Å²) in [6.45, 7) is 0. The highest BCUT2D eigenvalue weighted by molar-refractivity contribution is 5.98. The molecule has 0 bridgehead atoms. The van der Waals surface area contributed by atoms with Crippen molar-refractivity contribution in [2.24, 2.45) is 0 Å². The second kappa shape index (κ2) is 3.87. The van der Waals surface area contributed by atoms with Crippen LogP contribution >= 0.6 is 0 Å². The smallest absolute Gasteiger partial charge is 0.249 e. The molecule has 0 radical (unpaired) electrons. The standard InChI is InChI=1S/C13H12FNO2/c14-11-7-3-1-5-9(11)13-10-6-2-4-8-12(10)15(16)17-13/h1,3,5-7,13H,2,4,8H2. The number of benzene rings is 1. The quantitative estimate of drug-likeness (QED) is 0.699. The Labute approximate surface area is 98.4 Å². The predicted octanol–water partition coefficient (Wildman–Crippen LogP) is 2.87. The second-order valence-electron chi connectivity index (χ2n) is 4.26. The van der Waals surface area contributed by atoms with Gasteiger partial charge in [-0.05, 0) is 18.9 Å². The molecule has 1 atom stereocenters. The molecule has 0 spiro atoms. The van der Waals surface area contributed by atoms with E-state index in [0.717, 1.165) is 18.4 Å². The molecule has 4 heteroatoms. The highest BCUT2D eigenvalue weighted by atomic mass is 19.1. The lowest BCUT2D eigenvalue weighted by Gasteiger charge is -2.15. The highest BCUT2D eigenvalue weighted by Crippen LogP contribution is 2.36. The minimum atomic E-state index is -0.580. The van der Waals surface area contributed by atoms with Crippen LogP contribution in [-0.4, -0.2) is 10.6 Å². The number of halogens is 1. The minimum absolute atomic E-state index is 0.335. The van der Waals surface area contributed by atoms with Crippen molar-refractivity contribution in [1.82, 2.24) is 0 Å². The minimum Gasteiger partial charge on any atom is -0.390 e. The summed E-state index contributed by atoms with van der Waals surface area (Å²) in [6, 6.07) is 6.42. The molecule has 0 N–H and O–H groups in total. The molecular weight excluding hydrogens is 221 g/mol. The van der Waals surface area contributed by atoms with E-state index in [0.29, 0.717) is 22.6 Å². The van der Waals surface area contributed by atoms with Crippen molar-refractivity contribution in [3.05, 3.63) is 52.5 Å². The van der Waals surface area contributed by atoms with Crippen molar-refractivity contribution in [2.45, 2.75) is 25.4 Å². The summed E-state index contributed by atoms with van der Waals surface area (Å²) in [5, 5.41) is 11.6. The number of allylic oxidation sites excluding steroid dienone is 1. The Morgan fingerprint density at radius 3 is 3.00 bits per heavy atom. The fourth-order valence-corrected chi connectivity index (χ4v) is 2.37. The summed E-state index contributed by atoms with van der Waals surface area (Å²) < 4.78 is 13.7. The van der Waals surface area contributed by atoms with Crippen LogP contribution in [0.15, 0.2) is 35.9 Å². The van der Waals surface area contributed by atoms with Crippen molar-refractivity contribution in [2.75, 3.05) is 0 Å². The Morgan fingerprint density at radius 1 is 1.35 bits per heavy atom. The van der Waals surface area contributed by atoms with E-state index in [1.165, 1.54) is 6.07 Å². The van der Waals surface area contributed by atoms with E-state index >= 15 is 0 Å². The third kappa shape index (κ3) is 1.60. The van der Waals surface area contributed by atoms with Gasteiger partial charge in [0.15, 0.2) is 0 Å². The average molecular weight is 233 g/mol. The van der Waals surface area contributed by atoms with Gasteiger partial charge in [0, 0.05) is 22.5 Å². The van der Waals surface area contributed by atoms with Crippen LogP contribution in [0, 0.1) is 11.0 Å². The maximum atomic E-state index is 13.7. The molecule has 1 aromatic rings. The van der Waals surface area contributed by atoms with Gasteiger partial charge in [-0.3, -0.25) is 5.21 Å². The Bertz CT molecular complexity index is 522. The van der Waals surface area contributed by atoms with Gasteiger partial charge in [-0.25, -0.2) is 4.39 Å². The maximum Gasteiger partial charge on any atom is 0.249 e. The van der Waals surface area contributed by atoms with Crippen molar-refractivity contribution < 1.29 is 14.1 Å². The first-order chi connectivity index (χ1) is 8.27. The number of nitrogens with zero attached hydrogens (tertiary/aromatic N) is 1. The zero-order valence-corrected chi connectivity index (χ0v) is 9.23. The molecule has 0 amide bonds. The number of hydrogen-bond acceptors (Lipinski definition) is 2. The summed E-state index contributed by atoms with van der Waals surface area (Å²) in [6.07, 6.45) is 3.98. The Balaban J connectivity index is 2.03. The van der Waals surface area contributed by atoms with Crippen LogP contribution in [0.4, 0.5) is 4.39 Å². The second-order valence-corrected chi connectivity index (χ2v) is 4.26. The Morgan fingerprint density at radius 2 is 2.18 bits per heavy atom. The van der Waals surface area contributed by atoms with Gasteiger partial charge in [-0.15, -0.1) is 0 Å². The Kier molecular flexibility index (Phi) is 2.35. The molecule has 1 unspecified atom stereocenters. The van der Waals surface area contributed by atoms with Crippen molar-refractivity contribution in [3.8, 4) is 0 Å². The van der Waals surface area contributed by atoms with Gasteiger partial charge >= 0.3 is 0 Å². The van der Waals surface area contributed by atoms with Crippen LogP contribution < -0.4 is 0 Å². The molecule has 0 saturated carbocycles. The van der Waals surface area contributed by atoms with Crippen LogP contribution in [0.1, 0.15) is 30.9 Å². The first kappa shape index (κ1) is 10.3. The van der Waals surface area contributed by atoms with E-state index in [1.807, 2.05) is 6.08 Å². The first-order valence-corrected chi connectivity index (χ1v) is 5.72. The van der Waals surface area contributed by atoms with Crippen LogP contribution in [0.3, 0.4) is 0 Å². The average Bonchev–Trinajstić information content (AvgIpc) is 2.68. The van der Waals surface area contributed by atoms with Crippen molar-refractivity contribution >= 4 is 5.71 Å². The lowest BCUT2D eigenvalue weighted by Crippen LogP contribution is -2.11. The molecule has 88 valence electrons. The fraction of sp³-hybridized carbons (Fsp3) is 0.308. The third-order valence-electron chi connectivity index (χ3n) is 3.21. The number of rotatable bonds is 1. The molecule has 1 aliphatic carbocycles. The molecule has 1 heterocycles. The van der Waals surface area contributed by atoms with E-state index in [1.54, 1.807) is 18.2 Å². The summed E-state index contributed by atoms with van der Waals surface area (Å²) in [5.74, 6) is -0.335. The van der Waals surface area contributed by atoms with Crippen LogP contribution in [0.25, 0.3) is 0 Å². The molecular formula is C13H12FNO2. The monoisotopic (exact) mass is 233 g/mol. The lowest BCUT2D eigenvalue weighted by molar-refractivity contribution is -0.743.